The molecule has 1 N–H and O–H groups in total. The highest BCUT2D eigenvalue weighted by Gasteiger charge is 2.52. The van der Waals surface area contributed by atoms with Crippen molar-refractivity contribution >= 4 is 18.5 Å². The summed E-state index contributed by atoms with van der Waals surface area (Å²) in [7, 11) is 1.09. The van der Waals surface area contributed by atoms with E-state index in [1.807, 2.05) is 33.8 Å². The first-order chi connectivity index (χ1) is 11.2. The second-order valence-electron chi connectivity index (χ2n) is 7.65. The highest BCUT2D eigenvalue weighted by Crippen LogP contribution is 2.37. The number of carbonyl (C=O) groups excluding carboxylic acids is 1. The monoisotopic (exact) mass is 331 g/mol. The van der Waals surface area contributed by atoms with Crippen LogP contribution in [0, 0.1) is 0 Å². The van der Waals surface area contributed by atoms with Gasteiger partial charge in [-0.25, -0.2) is 0 Å². The van der Waals surface area contributed by atoms with Gasteiger partial charge in [0.2, 0.25) is 0 Å². The van der Waals surface area contributed by atoms with Gasteiger partial charge in [0, 0.05) is 17.1 Å². The molecule has 1 aromatic carbocycles. The molecule has 2 fully saturated rings. The van der Waals surface area contributed by atoms with Gasteiger partial charge in [0.15, 0.2) is 0 Å². The molecule has 1 aliphatic heterocycles. The van der Waals surface area contributed by atoms with Gasteiger partial charge in [-0.1, -0.05) is 6.07 Å². The number of amides is 1. The predicted molar refractivity (Wildman–Crippen MR) is 93.8 cm³/mol. The fraction of sp³-hybridized carbons (Fsp3) is 0.611. The minimum absolute atomic E-state index is 0.0570. The fourth-order valence-electron chi connectivity index (χ4n) is 2.84. The van der Waals surface area contributed by atoms with Gasteiger partial charge in [-0.2, -0.15) is 0 Å². The van der Waals surface area contributed by atoms with E-state index in [4.69, 9.17) is 14.0 Å². The molecular weight excluding hydrogens is 305 g/mol. The molecule has 130 valence electrons. The van der Waals surface area contributed by atoms with Crippen LogP contribution < -0.4 is 15.5 Å². The predicted octanol–water partition coefficient (Wildman–Crippen LogP) is 2.28. The largest absolute Gasteiger partial charge is 0.498 e. The van der Waals surface area contributed by atoms with Crippen LogP contribution in [0.3, 0.4) is 0 Å². The molecule has 1 saturated carbocycles. The molecule has 0 aromatic heterocycles. The number of methoxy groups -OCH3 is 1. The van der Waals surface area contributed by atoms with Crippen LogP contribution in [0.4, 0.5) is 0 Å². The van der Waals surface area contributed by atoms with Crippen LogP contribution in [0.15, 0.2) is 18.2 Å². The van der Waals surface area contributed by atoms with Crippen molar-refractivity contribution < 1.29 is 18.8 Å². The molecule has 0 atom stereocenters. The first-order valence-corrected chi connectivity index (χ1v) is 8.58. The first-order valence-electron chi connectivity index (χ1n) is 8.58. The van der Waals surface area contributed by atoms with Gasteiger partial charge < -0.3 is 19.4 Å². The zero-order chi connectivity index (χ0) is 17.5. The average Bonchev–Trinajstić information content (AvgIpc) is 2.70. The Hall–Kier alpha value is -1.53. The Kier molecular flexibility index (Phi) is 4.38. The summed E-state index contributed by atoms with van der Waals surface area (Å²) in [6.45, 7) is 8.06. The molecule has 24 heavy (non-hydrogen) atoms. The van der Waals surface area contributed by atoms with E-state index < -0.39 is 18.3 Å². The number of nitrogens with one attached hydrogen (secondary N) is 1. The summed E-state index contributed by atoms with van der Waals surface area (Å²) < 4.78 is 17.7. The maximum atomic E-state index is 12.3. The van der Waals surface area contributed by atoms with Gasteiger partial charge in [-0.3, -0.25) is 4.79 Å². The van der Waals surface area contributed by atoms with Crippen LogP contribution in [0.25, 0.3) is 0 Å². The standard InChI is InChI=1S/C18H26BNO4/c1-17(2)18(3,4)24-19(23-17)14-10-9-12(11-15(14)22-5)16(21)20-13-7-6-8-13/h9-11,13H,6-8H2,1-5H3,(H,20,21). The van der Waals surface area contributed by atoms with Gasteiger partial charge in [-0.05, 0) is 59.1 Å². The minimum atomic E-state index is -0.506. The molecule has 2 aliphatic rings. The molecule has 0 radical (unpaired) electrons. The molecule has 5 nitrogen and oxygen atoms in total. The van der Waals surface area contributed by atoms with Crippen molar-refractivity contribution in [1.82, 2.24) is 5.32 Å². The van der Waals surface area contributed by atoms with Crippen LogP contribution in [0.2, 0.25) is 0 Å². The Balaban J connectivity index is 1.81. The van der Waals surface area contributed by atoms with Gasteiger partial charge >= 0.3 is 7.12 Å². The summed E-state index contributed by atoms with van der Waals surface area (Å²) in [6.07, 6.45) is 3.32. The Bertz CT molecular complexity index is 624. The van der Waals surface area contributed by atoms with E-state index in [0.717, 1.165) is 18.3 Å². The summed E-state index contributed by atoms with van der Waals surface area (Å²) >= 11 is 0. The molecule has 1 aromatic rings. The minimum Gasteiger partial charge on any atom is -0.497 e. The Morgan fingerprint density at radius 1 is 1.21 bits per heavy atom. The molecule has 1 aliphatic carbocycles. The summed E-state index contributed by atoms with van der Waals surface area (Å²) in [4.78, 5) is 12.3. The number of rotatable bonds is 4. The average molecular weight is 331 g/mol. The van der Waals surface area contributed by atoms with E-state index in [9.17, 15) is 4.79 Å². The summed E-state index contributed by atoms with van der Waals surface area (Å²) in [6, 6.07) is 5.73. The van der Waals surface area contributed by atoms with Crippen LogP contribution in [-0.4, -0.2) is 37.4 Å². The lowest BCUT2D eigenvalue weighted by atomic mass is 9.78. The van der Waals surface area contributed by atoms with E-state index in [0.29, 0.717) is 17.4 Å². The van der Waals surface area contributed by atoms with Crippen molar-refractivity contribution in [1.29, 1.82) is 0 Å². The number of hydrogen-bond acceptors (Lipinski definition) is 4. The molecule has 0 bridgehead atoms. The third kappa shape index (κ3) is 3.05. The number of benzene rings is 1. The maximum Gasteiger partial charge on any atom is 0.498 e. The topological polar surface area (TPSA) is 56.8 Å². The lowest BCUT2D eigenvalue weighted by molar-refractivity contribution is 0.00578. The molecule has 0 spiro atoms. The van der Waals surface area contributed by atoms with E-state index in [2.05, 4.69) is 5.32 Å². The van der Waals surface area contributed by atoms with Crippen molar-refractivity contribution in [2.45, 2.75) is 64.2 Å². The van der Waals surface area contributed by atoms with E-state index in [1.54, 1.807) is 19.2 Å². The zero-order valence-electron chi connectivity index (χ0n) is 15.1. The second kappa shape index (κ2) is 6.08. The van der Waals surface area contributed by atoms with Crippen LogP contribution in [-0.2, 0) is 9.31 Å². The van der Waals surface area contributed by atoms with Crippen LogP contribution >= 0.6 is 0 Å². The summed E-state index contributed by atoms with van der Waals surface area (Å²) in [5.74, 6) is 0.549. The molecule has 1 heterocycles. The van der Waals surface area contributed by atoms with Crippen molar-refractivity contribution in [2.75, 3.05) is 7.11 Å². The Morgan fingerprint density at radius 2 is 1.83 bits per heavy atom. The highest BCUT2D eigenvalue weighted by atomic mass is 16.7. The highest BCUT2D eigenvalue weighted by molar-refractivity contribution is 6.63. The summed E-state index contributed by atoms with van der Waals surface area (Å²) in [5.41, 5.74) is 0.571. The smallest absolute Gasteiger partial charge is 0.497 e. The third-order valence-electron chi connectivity index (χ3n) is 5.44. The maximum absolute atomic E-state index is 12.3. The Morgan fingerprint density at radius 3 is 2.33 bits per heavy atom. The van der Waals surface area contributed by atoms with Crippen molar-refractivity contribution in [3.8, 4) is 5.75 Å². The van der Waals surface area contributed by atoms with E-state index in [-0.39, 0.29) is 5.91 Å². The van der Waals surface area contributed by atoms with Crippen molar-refractivity contribution in [2.24, 2.45) is 0 Å². The van der Waals surface area contributed by atoms with E-state index in [1.165, 1.54) is 6.42 Å². The normalized spacial score (nSPS) is 22.1. The molecule has 6 heteroatoms. The quantitative estimate of drug-likeness (QED) is 0.860. The van der Waals surface area contributed by atoms with Crippen LogP contribution in [0.1, 0.15) is 57.3 Å². The van der Waals surface area contributed by atoms with Crippen molar-refractivity contribution in [3.63, 3.8) is 0 Å². The summed E-state index contributed by atoms with van der Waals surface area (Å²) in [5, 5.41) is 3.04. The lowest BCUT2D eigenvalue weighted by Gasteiger charge is -2.32. The lowest BCUT2D eigenvalue weighted by Crippen LogP contribution is -2.41. The van der Waals surface area contributed by atoms with Gasteiger partial charge in [0.1, 0.15) is 5.75 Å². The molecule has 0 unspecified atom stereocenters. The second-order valence-corrected chi connectivity index (χ2v) is 7.65. The number of hydrogen-bond donors (Lipinski definition) is 1. The molecular formula is C18H26BNO4. The molecule has 3 rings (SSSR count). The first kappa shape index (κ1) is 17.3. The van der Waals surface area contributed by atoms with Crippen LogP contribution in [0.5, 0.6) is 5.75 Å². The SMILES string of the molecule is COc1cc(C(=O)NC2CCC2)ccc1B1OC(C)(C)C(C)(C)O1. The number of ether oxygens (including phenoxy) is 1. The number of carbonyl (C=O) groups is 1. The van der Waals surface area contributed by atoms with Crippen molar-refractivity contribution in [3.05, 3.63) is 23.8 Å². The van der Waals surface area contributed by atoms with Gasteiger partial charge in [0.25, 0.3) is 5.91 Å². The molecule has 1 amide bonds. The molecule has 1 saturated heterocycles. The van der Waals surface area contributed by atoms with Gasteiger partial charge in [-0.15, -0.1) is 0 Å². The Labute approximate surface area is 144 Å². The fourth-order valence-corrected chi connectivity index (χ4v) is 2.84. The zero-order valence-corrected chi connectivity index (χ0v) is 15.1. The third-order valence-corrected chi connectivity index (χ3v) is 5.44. The van der Waals surface area contributed by atoms with E-state index >= 15 is 0 Å². The van der Waals surface area contributed by atoms with Gasteiger partial charge in [0.05, 0.1) is 18.3 Å².